The van der Waals surface area contributed by atoms with Crippen molar-refractivity contribution in [3.05, 3.63) is 35.4 Å². The highest BCUT2D eigenvalue weighted by Crippen LogP contribution is 2.24. The molecule has 1 unspecified atom stereocenters. The number of nitrogens with two attached hydrogens (primary N) is 1. The fraction of sp³-hybridized carbons (Fsp3) is 0.625. The third-order valence-corrected chi connectivity index (χ3v) is 3.85. The predicted molar refractivity (Wildman–Crippen MR) is 75.5 cm³/mol. The van der Waals surface area contributed by atoms with Gasteiger partial charge in [0.15, 0.2) is 0 Å². The van der Waals surface area contributed by atoms with Crippen LogP contribution in [0, 0.1) is 12.8 Å². The number of hydrogen-bond acceptors (Lipinski definition) is 2. The quantitative estimate of drug-likeness (QED) is 0.863. The smallest absolute Gasteiger partial charge is 0.0659 e. The number of ether oxygens (including phenoxy) is 1. The molecule has 1 atom stereocenters. The molecule has 0 aromatic heterocycles. The molecule has 1 fully saturated rings. The van der Waals surface area contributed by atoms with E-state index in [9.17, 15) is 0 Å². The molecule has 0 radical (unpaired) electrons. The Balaban J connectivity index is 1.72. The van der Waals surface area contributed by atoms with Crippen molar-refractivity contribution >= 4 is 0 Å². The van der Waals surface area contributed by atoms with E-state index in [1.807, 2.05) is 0 Å². The fourth-order valence-electron chi connectivity index (χ4n) is 2.71. The molecule has 2 rings (SSSR count). The third-order valence-electron chi connectivity index (χ3n) is 3.85. The van der Waals surface area contributed by atoms with Crippen molar-refractivity contribution in [3.8, 4) is 0 Å². The largest absolute Gasteiger partial charge is 0.379 e. The second-order valence-electron chi connectivity index (χ2n) is 5.56. The lowest BCUT2D eigenvalue weighted by atomic mass is 9.90. The summed E-state index contributed by atoms with van der Waals surface area (Å²) in [5, 5.41) is 0. The Labute approximate surface area is 111 Å². The minimum Gasteiger partial charge on any atom is -0.379 e. The van der Waals surface area contributed by atoms with Gasteiger partial charge in [0.2, 0.25) is 0 Å². The summed E-state index contributed by atoms with van der Waals surface area (Å²) in [4.78, 5) is 0. The molecule has 1 aromatic carbocycles. The zero-order chi connectivity index (χ0) is 12.8. The van der Waals surface area contributed by atoms with E-state index in [0.29, 0.717) is 6.61 Å². The molecule has 1 saturated carbocycles. The van der Waals surface area contributed by atoms with E-state index in [0.717, 1.165) is 12.5 Å². The molecule has 18 heavy (non-hydrogen) atoms. The Hall–Kier alpha value is -0.860. The molecule has 1 aromatic rings. The van der Waals surface area contributed by atoms with Crippen LogP contribution in [0.3, 0.4) is 0 Å². The van der Waals surface area contributed by atoms with Crippen LogP contribution < -0.4 is 5.73 Å². The summed E-state index contributed by atoms with van der Waals surface area (Å²) in [6.45, 7) is 3.62. The zero-order valence-electron chi connectivity index (χ0n) is 11.4. The summed E-state index contributed by atoms with van der Waals surface area (Å²) in [6.07, 6.45) is 6.81. The summed E-state index contributed by atoms with van der Waals surface area (Å²) in [7, 11) is 0. The van der Waals surface area contributed by atoms with E-state index in [1.165, 1.54) is 43.2 Å². The summed E-state index contributed by atoms with van der Waals surface area (Å²) in [5.41, 5.74) is 8.59. The van der Waals surface area contributed by atoms with Crippen molar-refractivity contribution in [1.82, 2.24) is 0 Å². The van der Waals surface area contributed by atoms with Gasteiger partial charge in [-0.05, 0) is 31.2 Å². The highest BCUT2D eigenvalue weighted by atomic mass is 16.5. The van der Waals surface area contributed by atoms with Crippen molar-refractivity contribution in [2.45, 2.75) is 45.1 Å². The van der Waals surface area contributed by atoms with Gasteiger partial charge >= 0.3 is 0 Å². The number of hydrogen-bond donors (Lipinski definition) is 1. The molecular formula is C16H25NO. The second kappa shape index (κ2) is 6.91. The van der Waals surface area contributed by atoms with Crippen LogP contribution in [0.5, 0.6) is 0 Å². The minimum atomic E-state index is 0.00786. The normalized spacial score (nSPS) is 18.8. The monoisotopic (exact) mass is 247 g/mol. The van der Waals surface area contributed by atoms with Gasteiger partial charge in [-0.1, -0.05) is 49.1 Å². The highest BCUT2D eigenvalue weighted by Gasteiger charge is 2.14. The maximum atomic E-state index is 6.15. The van der Waals surface area contributed by atoms with Crippen LogP contribution in [0.15, 0.2) is 24.3 Å². The first-order valence-electron chi connectivity index (χ1n) is 7.15. The maximum absolute atomic E-state index is 6.15. The van der Waals surface area contributed by atoms with Crippen molar-refractivity contribution in [1.29, 1.82) is 0 Å². The molecule has 0 spiro atoms. The van der Waals surface area contributed by atoms with Crippen LogP contribution in [-0.2, 0) is 4.74 Å². The molecule has 100 valence electrons. The van der Waals surface area contributed by atoms with E-state index in [4.69, 9.17) is 10.5 Å². The van der Waals surface area contributed by atoms with Crippen LogP contribution in [0.2, 0.25) is 0 Å². The maximum Gasteiger partial charge on any atom is 0.0659 e. The molecule has 2 nitrogen and oxygen atoms in total. The molecule has 0 amide bonds. The van der Waals surface area contributed by atoms with Gasteiger partial charge in [0.25, 0.3) is 0 Å². The molecule has 0 heterocycles. The topological polar surface area (TPSA) is 35.2 Å². The van der Waals surface area contributed by atoms with Crippen LogP contribution >= 0.6 is 0 Å². The highest BCUT2D eigenvalue weighted by molar-refractivity contribution is 5.24. The lowest BCUT2D eigenvalue weighted by Crippen LogP contribution is -2.21. The molecule has 1 aliphatic carbocycles. The molecule has 0 aliphatic heterocycles. The minimum absolute atomic E-state index is 0.00786. The summed E-state index contributed by atoms with van der Waals surface area (Å²) >= 11 is 0. The molecular weight excluding hydrogens is 222 g/mol. The van der Waals surface area contributed by atoms with Crippen molar-refractivity contribution < 1.29 is 4.74 Å². The van der Waals surface area contributed by atoms with E-state index in [1.54, 1.807) is 0 Å². The Kier molecular flexibility index (Phi) is 5.21. The van der Waals surface area contributed by atoms with Gasteiger partial charge in [-0.15, -0.1) is 0 Å². The lowest BCUT2D eigenvalue weighted by Gasteiger charge is -2.22. The first kappa shape index (κ1) is 13.6. The first-order valence-corrected chi connectivity index (χ1v) is 7.15. The Bertz CT molecular complexity index is 358. The number of rotatable bonds is 5. The standard InChI is InChI=1S/C16H25NO/c1-13-6-5-9-15(10-13)16(17)12-18-11-14-7-3-2-4-8-14/h5-6,9-10,14,16H,2-4,7-8,11-12,17H2,1H3. The van der Waals surface area contributed by atoms with Crippen LogP contribution in [0.25, 0.3) is 0 Å². The van der Waals surface area contributed by atoms with Gasteiger partial charge in [0, 0.05) is 6.61 Å². The fourth-order valence-corrected chi connectivity index (χ4v) is 2.71. The number of benzene rings is 1. The molecule has 2 N–H and O–H groups in total. The van der Waals surface area contributed by atoms with Gasteiger partial charge < -0.3 is 10.5 Å². The van der Waals surface area contributed by atoms with E-state index < -0.39 is 0 Å². The Morgan fingerprint density at radius 3 is 2.78 bits per heavy atom. The second-order valence-corrected chi connectivity index (χ2v) is 5.56. The van der Waals surface area contributed by atoms with Crippen molar-refractivity contribution in [2.75, 3.05) is 13.2 Å². The molecule has 0 saturated heterocycles. The van der Waals surface area contributed by atoms with Crippen molar-refractivity contribution in [2.24, 2.45) is 11.7 Å². The Morgan fingerprint density at radius 2 is 2.06 bits per heavy atom. The summed E-state index contributed by atoms with van der Waals surface area (Å²) in [5.74, 6) is 0.767. The average Bonchev–Trinajstić information content (AvgIpc) is 2.40. The van der Waals surface area contributed by atoms with E-state index in [2.05, 4.69) is 31.2 Å². The predicted octanol–water partition coefficient (Wildman–Crippen LogP) is 3.59. The first-order chi connectivity index (χ1) is 8.75. The molecule has 1 aliphatic rings. The van der Waals surface area contributed by atoms with E-state index in [-0.39, 0.29) is 6.04 Å². The van der Waals surface area contributed by atoms with Crippen LogP contribution in [0.1, 0.15) is 49.3 Å². The van der Waals surface area contributed by atoms with E-state index >= 15 is 0 Å². The lowest BCUT2D eigenvalue weighted by molar-refractivity contribution is 0.0759. The third kappa shape index (κ3) is 4.11. The Morgan fingerprint density at radius 1 is 1.28 bits per heavy atom. The van der Waals surface area contributed by atoms with Gasteiger partial charge in [0.05, 0.1) is 12.6 Å². The van der Waals surface area contributed by atoms with Gasteiger partial charge in [-0.2, -0.15) is 0 Å². The van der Waals surface area contributed by atoms with Gasteiger partial charge in [0.1, 0.15) is 0 Å². The summed E-state index contributed by atoms with van der Waals surface area (Å²) < 4.78 is 5.80. The number of aryl methyl sites for hydroxylation is 1. The van der Waals surface area contributed by atoms with Crippen molar-refractivity contribution in [3.63, 3.8) is 0 Å². The molecule has 2 heteroatoms. The van der Waals surface area contributed by atoms with Gasteiger partial charge in [-0.3, -0.25) is 0 Å². The summed E-state index contributed by atoms with van der Waals surface area (Å²) in [6, 6.07) is 8.40. The molecule has 0 bridgehead atoms. The SMILES string of the molecule is Cc1cccc(C(N)COCC2CCCCC2)c1. The van der Waals surface area contributed by atoms with Gasteiger partial charge in [-0.25, -0.2) is 0 Å². The van der Waals surface area contributed by atoms with Crippen LogP contribution in [-0.4, -0.2) is 13.2 Å². The van der Waals surface area contributed by atoms with Crippen LogP contribution in [0.4, 0.5) is 0 Å². The zero-order valence-corrected chi connectivity index (χ0v) is 11.4. The average molecular weight is 247 g/mol.